The Morgan fingerprint density at radius 1 is 1.14 bits per heavy atom. The molecule has 1 N–H and O–H groups in total. The maximum Gasteiger partial charge on any atom is 1.00 e. The van der Waals surface area contributed by atoms with Crippen molar-refractivity contribution in [3.05, 3.63) is 0 Å². The molecule has 0 bridgehead atoms. The summed E-state index contributed by atoms with van der Waals surface area (Å²) < 4.78 is 38.9. The third kappa shape index (κ3) is 39.4. The first-order chi connectivity index (χ1) is 9.54. The van der Waals surface area contributed by atoms with Crippen molar-refractivity contribution in [1.29, 1.82) is 0 Å². The molecule has 0 saturated heterocycles. The average Bonchev–Trinajstić information content (AvgIpc) is 2.38. The van der Waals surface area contributed by atoms with Crippen LogP contribution in [-0.4, -0.2) is 73.9 Å². The molecule has 12 heteroatoms. The van der Waals surface area contributed by atoms with Crippen molar-refractivity contribution in [2.75, 3.05) is 11.5 Å². The fraction of sp³-hybridized carbons (Fsp3) is 1.00. The van der Waals surface area contributed by atoms with Gasteiger partial charge in [-0.25, -0.2) is 0 Å². The van der Waals surface area contributed by atoms with Crippen molar-refractivity contribution in [1.82, 2.24) is 0 Å². The first kappa shape index (κ1) is 33.9. The van der Waals surface area contributed by atoms with E-state index in [0.717, 1.165) is 42.5 Å². The van der Waals surface area contributed by atoms with E-state index < -0.39 is 28.3 Å². The van der Waals surface area contributed by atoms with Crippen LogP contribution in [0.3, 0.4) is 0 Å². The topological polar surface area (TPSA) is 77.4 Å². The van der Waals surface area contributed by atoms with E-state index in [1.165, 1.54) is 5.32 Å². The zero-order valence-corrected chi connectivity index (χ0v) is 26.0. The number of thiol groups is 1. The normalized spacial score (nSPS) is 12.2. The largest absolute Gasteiger partial charge is 1.00 e. The minimum Gasteiger partial charge on any atom is 1.00 e. The van der Waals surface area contributed by atoms with Crippen molar-refractivity contribution < 1.29 is 75.2 Å². The predicted octanol–water partition coefficient (Wildman–Crippen LogP) is -5.25. The van der Waals surface area contributed by atoms with E-state index >= 15 is 0 Å². The molecule has 0 aromatic carbocycles. The molecule has 4 nitrogen and oxygen atoms in total. The van der Waals surface area contributed by atoms with E-state index in [1.807, 2.05) is 10.2 Å². The van der Waals surface area contributed by atoms with E-state index in [4.69, 9.17) is 4.19 Å². The van der Waals surface area contributed by atoms with Crippen LogP contribution in [0.15, 0.2) is 0 Å². The summed E-state index contributed by atoms with van der Waals surface area (Å²) in [4.78, 5) is 0. The quantitative estimate of drug-likeness (QED) is 0.128. The fourth-order valence-electron chi connectivity index (χ4n) is 0.873. The van der Waals surface area contributed by atoms with Crippen LogP contribution < -0.4 is 63.3 Å². The summed E-state index contributed by atoms with van der Waals surface area (Å²) in [5, 5.41) is 3.21. The SMILES string of the molecule is O=[Se](O)CCCC[SeH].O=[Se]([O-])CCCC[Se]SCCS.[Na+].[Na+]. The number of hydrogen-bond donors (Lipinski definition) is 2. The van der Waals surface area contributed by atoms with Crippen LogP contribution in [0.1, 0.15) is 25.7 Å². The van der Waals surface area contributed by atoms with Crippen molar-refractivity contribution in [3.8, 4) is 0 Å². The molecule has 124 valence electrons. The second kappa shape index (κ2) is 30.0. The fourth-order valence-corrected chi connectivity index (χ4v) is 7.92. The number of rotatable bonds is 12. The summed E-state index contributed by atoms with van der Waals surface area (Å²) in [6.07, 6.45) is 3.90. The van der Waals surface area contributed by atoms with Crippen LogP contribution in [0.2, 0.25) is 21.3 Å². The molecule has 0 radical (unpaired) electrons. The Balaban J connectivity index is -0.000000144. The van der Waals surface area contributed by atoms with Crippen LogP contribution in [0, 0.1) is 0 Å². The Hall–Kier alpha value is 4.30. The Kier molecular flexibility index (Phi) is 46.2. The molecule has 2 atom stereocenters. The molecule has 0 fully saturated rings. The Morgan fingerprint density at radius 2 is 1.73 bits per heavy atom. The Morgan fingerprint density at radius 3 is 2.18 bits per heavy atom. The molecule has 0 rings (SSSR count). The number of unbranched alkanes of at least 4 members (excludes halogenated alkanes) is 2. The summed E-state index contributed by atoms with van der Waals surface area (Å²) in [6, 6.07) is 0. The maximum absolute atomic E-state index is 10.2. The van der Waals surface area contributed by atoms with Gasteiger partial charge in [-0.15, -0.1) is 0 Å². The van der Waals surface area contributed by atoms with Gasteiger partial charge in [0.1, 0.15) is 0 Å². The molecular formula is C10H23Na2O4S2Se4+. The van der Waals surface area contributed by atoms with Crippen LogP contribution in [0.25, 0.3) is 0 Å². The van der Waals surface area contributed by atoms with E-state index in [-0.39, 0.29) is 59.1 Å². The Labute approximate surface area is 211 Å². The summed E-state index contributed by atoms with van der Waals surface area (Å²) in [5.74, 6) is 2.07. The van der Waals surface area contributed by atoms with Gasteiger partial charge in [-0.05, 0) is 0 Å². The molecule has 0 heterocycles. The molecule has 22 heavy (non-hydrogen) atoms. The van der Waals surface area contributed by atoms with Gasteiger partial charge in [0, 0.05) is 0 Å². The zero-order valence-electron chi connectivity index (χ0n) is 13.3. The summed E-state index contributed by atoms with van der Waals surface area (Å²) in [6.45, 7) is 0. The maximum atomic E-state index is 10.2. The van der Waals surface area contributed by atoms with E-state index in [1.54, 1.807) is 0 Å². The molecule has 0 aliphatic rings. The predicted molar refractivity (Wildman–Crippen MR) is 92.0 cm³/mol. The van der Waals surface area contributed by atoms with Gasteiger partial charge in [0.25, 0.3) is 0 Å². The molecule has 0 aliphatic heterocycles. The van der Waals surface area contributed by atoms with Gasteiger partial charge >= 0.3 is 215 Å². The first-order valence-corrected chi connectivity index (χ1v) is 17.6. The van der Waals surface area contributed by atoms with Gasteiger partial charge in [0.05, 0.1) is 0 Å². The van der Waals surface area contributed by atoms with E-state index in [9.17, 15) is 11.9 Å². The van der Waals surface area contributed by atoms with Crippen LogP contribution in [0.5, 0.6) is 0 Å². The Bertz CT molecular complexity index is 257. The molecule has 2 unspecified atom stereocenters. The second-order valence-electron chi connectivity index (χ2n) is 3.54. The van der Waals surface area contributed by atoms with Crippen LogP contribution in [0.4, 0.5) is 0 Å². The molecule has 0 spiro atoms. The van der Waals surface area contributed by atoms with E-state index in [0.29, 0.717) is 24.5 Å². The third-order valence-electron chi connectivity index (χ3n) is 1.77. The smallest absolute Gasteiger partial charge is 1.00 e. The van der Waals surface area contributed by atoms with Gasteiger partial charge in [0.15, 0.2) is 0 Å². The van der Waals surface area contributed by atoms with Crippen molar-refractivity contribution in [2.45, 2.75) is 47.0 Å². The van der Waals surface area contributed by atoms with Crippen LogP contribution >= 0.6 is 22.8 Å². The standard InChI is InChI=1S/C6H14O2S2Se2.C4H10O2Se2.2Na/c7-12(8)6-2-1-5-11-10-4-3-9;5-8(6)4-2-1-3-7;;/h9H,1-6H2,(H,7,8);7H,1-4H2,(H,5,6);;/q;;2*+1/p-1. The summed E-state index contributed by atoms with van der Waals surface area (Å²) in [7, 11) is 1.95. The van der Waals surface area contributed by atoms with Crippen molar-refractivity contribution >= 4 is 81.0 Å². The third-order valence-corrected chi connectivity index (χ3v) is 10.1. The first-order valence-electron chi connectivity index (χ1n) is 6.14. The van der Waals surface area contributed by atoms with Crippen LogP contribution in [-0.2, 0) is 7.67 Å². The minimum absolute atomic E-state index is 0. The number of hydrogen-bond acceptors (Lipinski definition) is 5. The van der Waals surface area contributed by atoms with Gasteiger partial charge in [-0.2, -0.15) is 0 Å². The second-order valence-corrected chi connectivity index (χ2v) is 14.0. The van der Waals surface area contributed by atoms with E-state index in [2.05, 4.69) is 28.6 Å². The van der Waals surface area contributed by atoms with Gasteiger partial charge in [-0.3, -0.25) is 0 Å². The minimum atomic E-state index is -2.63. The molecule has 0 aromatic heterocycles. The van der Waals surface area contributed by atoms with Crippen molar-refractivity contribution in [3.63, 3.8) is 0 Å². The molecular weight excluding hydrogens is 610 g/mol. The molecule has 0 aromatic rings. The molecule has 0 amide bonds. The monoisotopic (exact) mass is 637 g/mol. The average molecular weight is 633 g/mol. The van der Waals surface area contributed by atoms with Gasteiger partial charge in [0.2, 0.25) is 0 Å². The van der Waals surface area contributed by atoms with Gasteiger partial charge < -0.3 is 0 Å². The summed E-state index contributed by atoms with van der Waals surface area (Å²) in [5.41, 5.74) is 0. The molecule has 0 aliphatic carbocycles. The summed E-state index contributed by atoms with van der Waals surface area (Å²) >= 11 is 2.23. The van der Waals surface area contributed by atoms with Crippen molar-refractivity contribution in [2.24, 2.45) is 0 Å². The zero-order chi connectivity index (χ0) is 15.6. The van der Waals surface area contributed by atoms with Gasteiger partial charge in [-0.1, -0.05) is 0 Å². The molecule has 0 saturated carbocycles.